The Morgan fingerprint density at radius 1 is 1.24 bits per heavy atom. The van der Waals surface area contributed by atoms with Crippen molar-refractivity contribution in [3.8, 4) is 0 Å². The lowest BCUT2D eigenvalue weighted by molar-refractivity contribution is -0.131. The molecule has 0 N–H and O–H groups in total. The monoisotopic (exact) mass is 321 g/mol. The lowest BCUT2D eigenvalue weighted by Crippen LogP contribution is -2.25. The van der Waals surface area contributed by atoms with E-state index in [0.717, 1.165) is 16.8 Å². The van der Waals surface area contributed by atoms with Gasteiger partial charge in [0, 0.05) is 34.8 Å². The largest absolute Gasteiger partial charge is 0.332 e. The van der Waals surface area contributed by atoms with Gasteiger partial charge in [0.25, 0.3) is 0 Å². The summed E-state index contributed by atoms with van der Waals surface area (Å²) in [4.78, 5) is 22.3. The molecule has 6 heteroatoms. The highest BCUT2D eigenvalue weighted by molar-refractivity contribution is 6.36. The molecule has 21 heavy (non-hydrogen) atoms. The van der Waals surface area contributed by atoms with E-state index in [9.17, 15) is 4.79 Å². The van der Waals surface area contributed by atoms with Gasteiger partial charge in [-0.15, -0.1) is 0 Å². The normalized spacial score (nSPS) is 13.3. The Labute approximate surface area is 132 Å². The maximum Gasteiger partial charge on any atom is 0.223 e. The van der Waals surface area contributed by atoms with E-state index in [1.54, 1.807) is 29.3 Å². The fraction of sp³-hybridized carbons (Fsp3) is 0.267. The minimum absolute atomic E-state index is 0.0731. The van der Waals surface area contributed by atoms with Crippen molar-refractivity contribution in [2.75, 3.05) is 0 Å². The van der Waals surface area contributed by atoms with Gasteiger partial charge in [-0.25, -0.2) is 9.97 Å². The van der Waals surface area contributed by atoms with Crippen molar-refractivity contribution in [3.63, 3.8) is 0 Å². The predicted octanol–water partition coefficient (Wildman–Crippen LogP) is 3.26. The van der Waals surface area contributed by atoms with Crippen LogP contribution in [0.25, 0.3) is 0 Å². The second-order valence-corrected chi connectivity index (χ2v) is 5.76. The third-order valence-electron chi connectivity index (χ3n) is 3.59. The van der Waals surface area contributed by atoms with Crippen LogP contribution in [0.2, 0.25) is 10.0 Å². The maximum absolute atomic E-state index is 12.3. The molecule has 1 aromatic heterocycles. The van der Waals surface area contributed by atoms with Crippen LogP contribution in [0.3, 0.4) is 0 Å². The minimum Gasteiger partial charge on any atom is -0.332 e. The van der Waals surface area contributed by atoms with Gasteiger partial charge in [-0.3, -0.25) is 4.79 Å². The molecule has 1 aromatic carbocycles. The minimum atomic E-state index is 0.0731. The molecule has 3 rings (SSSR count). The molecule has 0 spiro atoms. The number of hydrogen-bond donors (Lipinski definition) is 0. The lowest BCUT2D eigenvalue weighted by Gasteiger charge is -2.15. The van der Waals surface area contributed by atoms with Crippen LogP contribution in [0.4, 0.5) is 0 Å². The zero-order chi connectivity index (χ0) is 14.8. The standard InChI is InChI=1S/C15H13Cl2N3O/c16-12-2-1-3-13(17)11(12)4-5-15(21)20-7-10-6-18-9-19-14(10)8-20/h1-3,6,9H,4-5,7-8H2. The van der Waals surface area contributed by atoms with Gasteiger partial charge in [0.1, 0.15) is 6.33 Å². The molecule has 2 aromatic rings. The summed E-state index contributed by atoms with van der Waals surface area (Å²) < 4.78 is 0. The number of carbonyl (C=O) groups excluding carboxylic acids is 1. The van der Waals surface area contributed by atoms with Gasteiger partial charge in [0.05, 0.1) is 12.2 Å². The van der Waals surface area contributed by atoms with Crippen molar-refractivity contribution in [1.29, 1.82) is 0 Å². The van der Waals surface area contributed by atoms with Gasteiger partial charge in [-0.1, -0.05) is 29.3 Å². The summed E-state index contributed by atoms with van der Waals surface area (Å²) in [7, 11) is 0. The second-order valence-electron chi connectivity index (χ2n) is 4.94. The lowest BCUT2D eigenvalue weighted by atomic mass is 10.1. The molecule has 1 amide bonds. The molecular weight excluding hydrogens is 309 g/mol. The molecule has 0 saturated heterocycles. The molecule has 0 fully saturated rings. The first-order chi connectivity index (χ1) is 10.1. The van der Waals surface area contributed by atoms with Crippen LogP contribution in [0.1, 0.15) is 23.2 Å². The molecule has 0 atom stereocenters. The molecule has 4 nitrogen and oxygen atoms in total. The molecule has 108 valence electrons. The summed E-state index contributed by atoms with van der Waals surface area (Å²) in [6.45, 7) is 1.12. The van der Waals surface area contributed by atoms with Crippen molar-refractivity contribution in [3.05, 3.63) is 57.6 Å². The Morgan fingerprint density at radius 3 is 2.71 bits per heavy atom. The summed E-state index contributed by atoms with van der Waals surface area (Å²) in [6.07, 6.45) is 4.19. The molecule has 2 heterocycles. The van der Waals surface area contributed by atoms with Gasteiger partial charge >= 0.3 is 0 Å². The maximum atomic E-state index is 12.3. The average Bonchev–Trinajstić information content (AvgIpc) is 2.90. The SMILES string of the molecule is O=C(CCc1c(Cl)cccc1Cl)N1Cc2cncnc2C1. The highest BCUT2D eigenvalue weighted by Gasteiger charge is 2.24. The summed E-state index contributed by atoms with van der Waals surface area (Å²) in [5, 5.41) is 1.21. The van der Waals surface area contributed by atoms with Gasteiger partial charge in [-0.05, 0) is 24.1 Å². The van der Waals surface area contributed by atoms with Gasteiger partial charge < -0.3 is 4.90 Å². The van der Waals surface area contributed by atoms with Gasteiger partial charge in [-0.2, -0.15) is 0 Å². The van der Waals surface area contributed by atoms with Crippen LogP contribution in [-0.2, 0) is 24.3 Å². The Hall–Kier alpha value is -1.65. The summed E-state index contributed by atoms with van der Waals surface area (Å²) in [5.41, 5.74) is 2.77. The molecule has 0 radical (unpaired) electrons. The first-order valence-corrected chi connectivity index (χ1v) is 7.39. The smallest absolute Gasteiger partial charge is 0.223 e. The number of amides is 1. The Balaban J connectivity index is 1.64. The number of aromatic nitrogens is 2. The number of halogens is 2. The molecule has 0 aliphatic carbocycles. The fourth-order valence-electron chi connectivity index (χ4n) is 2.44. The number of hydrogen-bond acceptors (Lipinski definition) is 3. The zero-order valence-electron chi connectivity index (χ0n) is 11.2. The molecular formula is C15H13Cl2N3O. The van der Waals surface area contributed by atoms with Crippen molar-refractivity contribution in [1.82, 2.24) is 14.9 Å². The van der Waals surface area contributed by atoms with Crippen LogP contribution in [0.15, 0.2) is 30.7 Å². The quantitative estimate of drug-likeness (QED) is 0.871. The molecule has 0 saturated carbocycles. The first kappa shape index (κ1) is 14.3. The Morgan fingerprint density at radius 2 is 2.00 bits per heavy atom. The third-order valence-corrected chi connectivity index (χ3v) is 4.29. The average molecular weight is 322 g/mol. The molecule has 0 bridgehead atoms. The van der Waals surface area contributed by atoms with Crippen LogP contribution in [0.5, 0.6) is 0 Å². The summed E-state index contributed by atoms with van der Waals surface area (Å²) in [5.74, 6) is 0.0731. The van der Waals surface area contributed by atoms with Crippen LogP contribution in [-0.4, -0.2) is 20.8 Å². The number of benzene rings is 1. The van der Waals surface area contributed by atoms with E-state index in [2.05, 4.69) is 9.97 Å². The van der Waals surface area contributed by atoms with Crippen molar-refractivity contribution < 1.29 is 4.79 Å². The molecule has 0 unspecified atom stereocenters. The van der Waals surface area contributed by atoms with Gasteiger partial charge in [0.15, 0.2) is 0 Å². The number of carbonyl (C=O) groups is 1. The number of rotatable bonds is 3. The van der Waals surface area contributed by atoms with E-state index in [-0.39, 0.29) is 5.91 Å². The van der Waals surface area contributed by atoms with E-state index in [4.69, 9.17) is 23.2 Å². The van der Waals surface area contributed by atoms with Gasteiger partial charge in [0.2, 0.25) is 5.91 Å². The highest BCUT2D eigenvalue weighted by Crippen LogP contribution is 2.26. The van der Waals surface area contributed by atoms with E-state index in [1.807, 2.05) is 0 Å². The van der Waals surface area contributed by atoms with E-state index in [0.29, 0.717) is 36.0 Å². The zero-order valence-corrected chi connectivity index (χ0v) is 12.7. The Kier molecular flexibility index (Phi) is 4.08. The van der Waals surface area contributed by atoms with E-state index >= 15 is 0 Å². The number of fused-ring (bicyclic) bond motifs is 1. The molecule has 1 aliphatic rings. The fourth-order valence-corrected chi connectivity index (χ4v) is 3.02. The van der Waals surface area contributed by atoms with E-state index in [1.165, 1.54) is 6.33 Å². The Bertz CT molecular complexity index is 645. The van der Waals surface area contributed by atoms with E-state index < -0.39 is 0 Å². The van der Waals surface area contributed by atoms with Crippen molar-refractivity contribution >= 4 is 29.1 Å². The topological polar surface area (TPSA) is 46.1 Å². The summed E-state index contributed by atoms with van der Waals surface area (Å²) >= 11 is 12.2. The number of nitrogens with zero attached hydrogens (tertiary/aromatic N) is 3. The first-order valence-electron chi connectivity index (χ1n) is 6.63. The molecule has 1 aliphatic heterocycles. The summed E-state index contributed by atoms with van der Waals surface area (Å²) in [6, 6.07) is 5.37. The van der Waals surface area contributed by atoms with Crippen molar-refractivity contribution in [2.45, 2.75) is 25.9 Å². The van der Waals surface area contributed by atoms with Crippen molar-refractivity contribution in [2.24, 2.45) is 0 Å². The highest BCUT2D eigenvalue weighted by atomic mass is 35.5. The second kappa shape index (κ2) is 6.00. The predicted molar refractivity (Wildman–Crippen MR) is 81.1 cm³/mol. The van der Waals surface area contributed by atoms with Crippen LogP contribution < -0.4 is 0 Å². The van der Waals surface area contributed by atoms with Crippen LogP contribution in [0, 0.1) is 0 Å². The van der Waals surface area contributed by atoms with Crippen LogP contribution >= 0.6 is 23.2 Å². The third kappa shape index (κ3) is 3.01.